The van der Waals surface area contributed by atoms with Crippen LogP contribution in [0, 0.1) is 0 Å². The number of nitrogens with zero attached hydrogens (tertiary/aromatic N) is 1. The normalized spacial score (nSPS) is 9.88. The zero-order valence-corrected chi connectivity index (χ0v) is 9.43. The Kier molecular flexibility index (Phi) is 4.05. The fourth-order valence-corrected chi connectivity index (χ4v) is 1.41. The number of hydrogen-bond donors (Lipinski definition) is 1. The van der Waals surface area contributed by atoms with Crippen molar-refractivity contribution in [3.05, 3.63) is 35.4 Å². The minimum atomic E-state index is -0.985. The standard InChI is InChI=1S/C12H15NO3/c1-3-8-13(2)11(14)9-4-6-10(7-5-9)12(15)16/h4-7H,3,8H2,1-2H3,(H,15,16). The van der Waals surface area contributed by atoms with Gasteiger partial charge in [-0.2, -0.15) is 0 Å². The molecular formula is C12H15NO3. The second kappa shape index (κ2) is 5.30. The van der Waals surface area contributed by atoms with Gasteiger partial charge in [-0.25, -0.2) is 4.79 Å². The topological polar surface area (TPSA) is 57.6 Å². The van der Waals surface area contributed by atoms with Crippen molar-refractivity contribution in [1.29, 1.82) is 0 Å². The largest absolute Gasteiger partial charge is 0.478 e. The molecule has 1 N–H and O–H groups in total. The van der Waals surface area contributed by atoms with Crippen LogP contribution >= 0.6 is 0 Å². The summed E-state index contributed by atoms with van der Waals surface area (Å²) in [4.78, 5) is 24.0. The molecule has 1 aromatic carbocycles. The van der Waals surface area contributed by atoms with Crippen LogP contribution in [0.25, 0.3) is 0 Å². The molecule has 0 heterocycles. The van der Waals surface area contributed by atoms with Gasteiger partial charge in [0.25, 0.3) is 5.91 Å². The SMILES string of the molecule is CCCN(C)C(=O)c1ccc(C(=O)O)cc1. The van der Waals surface area contributed by atoms with E-state index < -0.39 is 5.97 Å². The maximum Gasteiger partial charge on any atom is 0.335 e. The van der Waals surface area contributed by atoms with Crippen molar-refractivity contribution in [2.45, 2.75) is 13.3 Å². The van der Waals surface area contributed by atoms with Crippen molar-refractivity contribution in [1.82, 2.24) is 4.90 Å². The molecule has 0 aliphatic rings. The van der Waals surface area contributed by atoms with Gasteiger partial charge in [-0.1, -0.05) is 6.92 Å². The molecule has 4 nitrogen and oxygen atoms in total. The lowest BCUT2D eigenvalue weighted by atomic mass is 10.1. The van der Waals surface area contributed by atoms with Crippen LogP contribution < -0.4 is 0 Å². The van der Waals surface area contributed by atoms with Crippen LogP contribution in [0.4, 0.5) is 0 Å². The summed E-state index contributed by atoms with van der Waals surface area (Å²) in [6.07, 6.45) is 0.898. The van der Waals surface area contributed by atoms with E-state index in [2.05, 4.69) is 0 Å². The fourth-order valence-electron chi connectivity index (χ4n) is 1.41. The average Bonchev–Trinajstić information content (AvgIpc) is 2.28. The third kappa shape index (κ3) is 2.82. The number of hydrogen-bond acceptors (Lipinski definition) is 2. The van der Waals surface area contributed by atoms with Gasteiger partial charge in [0.15, 0.2) is 0 Å². The number of rotatable bonds is 4. The van der Waals surface area contributed by atoms with Gasteiger partial charge in [0.05, 0.1) is 5.56 Å². The minimum absolute atomic E-state index is 0.0845. The maximum absolute atomic E-state index is 11.8. The van der Waals surface area contributed by atoms with E-state index in [1.165, 1.54) is 24.3 Å². The van der Waals surface area contributed by atoms with E-state index in [1.54, 1.807) is 11.9 Å². The molecule has 0 spiro atoms. The second-order valence-corrected chi connectivity index (χ2v) is 3.61. The number of carboxylic acid groups (broad SMARTS) is 1. The Morgan fingerprint density at radius 2 is 1.69 bits per heavy atom. The molecule has 0 saturated heterocycles. The summed E-state index contributed by atoms with van der Waals surface area (Å²) in [5, 5.41) is 8.71. The van der Waals surface area contributed by atoms with E-state index in [0.717, 1.165) is 6.42 Å². The van der Waals surface area contributed by atoms with Crippen molar-refractivity contribution in [2.24, 2.45) is 0 Å². The third-order valence-corrected chi connectivity index (χ3v) is 2.28. The molecule has 0 aromatic heterocycles. The monoisotopic (exact) mass is 221 g/mol. The lowest BCUT2D eigenvalue weighted by molar-refractivity contribution is 0.0695. The van der Waals surface area contributed by atoms with E-state index in [-0.39, 0.29) is 11.5 Å². The number of benzene rings is 1. The highest BCUT2D eigenvalue weighted by Crippen LogP contribution is 2.07. The molecule has 1 rings (SSSR count). The van der Waals surface area contributed by atoms with Gasteiger partial charge >= 0.3 is 5.97 Å². The van der Waals surface area contributed by atoms with Crippen LogP contribution in [-0.4, -0.2) is 35.5 Å². The van der Waals surface area contributed by atoms with E-state index in [9.17, 15) is 9.59 Å². The van der Waals surface area contributed by atoms with E-state index in [1.807, 2.05) is 6.92 Å². The van der Waals surface area contributed by atoms with Gasteiger partial charge < -0.3 is 10.0 Å². The van der Waals surface area contributed by atoms with Crippen LogP contribution in [0.3, 0.4) is 0 Å². The summed E-state index contributed by atoms with van der Waals surface area (Å²) in [6, 6.07) is 5.96. The molecule has 4 heteroatoms. The van der Waals surface area contributed by atoms with Gasteiger partial charge in [0.2, 0.25) is 0 Å². The first kappa shape index (κ1) is 12.2. The van der Waals surface area contributed by atoms with Crippen molar-refractivity contribution >= 4 is 11.9 Å². The molecule has 0 fully saturated rings. The van der Waals surface area contributed by atoms with Gasteiger partial charge in [0, 0.05) is 19.2 Å². The number of carbonyl (C=O) groups excluding carboxylic acids is 1. The van der Waals surface area contributed by atoms with Crippen LogP contribution in [0.5, 0.6) is 0 Å². The number of carboxylic acids is 1. The summed E-state index contributed by atoms with van der Waals surface area (Å²) in [6.45, 7) is 2.69. The van der Waals surface area contributed by atoms with E-state index in [0.29, 0.717) is 12.1 Å². The van der Waals surface area contributed by atoms with Crippen molar-refractivity contribution in [3.63, 3.8) is 0 Å². The van der Waals surface area contributed by atoms with E-state index >= 15 is 0 Å². The molecule has 86 valence electrons. The van der Waals surface area contributed by atoms with Gasteiger partial charge in [0.1, 0.15) is 0 Å². The Balaban J connectivity index is 2.81. The molecule has 0 unspecified atom stereocenters. The molecule has 0 radical (unpaired) electrons. The highest BCUT2D eigenvalue weighted by Gasteiger charge is 2.11. The first-order valence-electron chi connectivity index (χ1n) is 5.15. The lowest BCUT2D eigenvalue weighted by Crippen LogP contribution is -2.27. The van der Waals surface area contributed by atoms with Crippen molar-refractivity contribution in [2.75, 3.05) is 13.6 Å². The van der Waals surface area contributed by atoms with Gasteiger partial charge in [-0.3, -0.25) is 4.79 Å². The molecule has 0 saturated carbocycles. The summed E-state index contributed by atoms with van der Waals surface area (Å²) in [7, 11) is 1.73. The smallest absolute Gasteiger partial charge is 0.335 e. The molecule has 1 amide bonds. The van der Waals surface area contributed by atoms with Gasteiger partial charge in [-0.05, 0) is 30.7 Å². The molecule has 0 bridgehead atoms. The Morgan fingerprint density at radius 3 is 2.12 bits per heavy atom. The maximum atomic E-state index is 11.8. The molecule has 0 atom stereocenters. The second-order valence-electron chi connectivity index (χ2n) is 3.61. The van der Waals surface area contributed by atoms with Crippen LogP contribution in [0.1, 0.15) is 34.1 Å². The van der Waals surface area contributed by atoms with Gasteiger partial charge in [-0.15, -0.1) is 0 Å². The van der Waals surface area contributed by atoms with Crippen LogP contribution in [0.15, 0.2) is 24.3 Å². The average molecular weight is 221 g/mol. The Morgan fingerprint density at radius 1 is 1.19 bits per heavy atom. The summed E-state index contributed by atoms with van der Waals surface area (Å²) in [5.74, 6) is -1.07. The summed E-state index contributed by atoms with van der Waals surface area (Å²) < 4.78 is 0. The zero-order chi connectivity index (χ0) is 12.1. The molecule has 1 aromatic rings. The summed E-state index contributed by atoms with van der Waals surface area (Å²) in [5.41, 5.74) is 0.704. The van der Waals surface area contributed by atoms with E-state index in [4.69, 9.17) is 5.11 Å². The fraction of sp³-hybridized carbons (Fsp3) is 0.333. The molecule has 0 aliphatic heterocycles. The molecule has 16 heavy (non-hydrogen) atoms. The number of aromatic carboxylic acids is 1. The number of amides is 1. The van der Waals surface area contributed by atoms with Crippen LogP contribution in [-0.2, 0) is 0 Å². The number of carbonyl (C=O) groups is 2. The first-order valence-corrected chi connectivity index (χ1v) is 5.15. The first-order chi connectivity index (χ1) is 7.56. The zero-order valence-electron chi connectivity index (χ0n) is 9.43. The predicted octanol–water partition coefficient (Wildman–Crippen LogP) is 1.87. The third-order valence-electron chi connectivity index (χ3n) is 2.28. The summed E-state index contributed by atoms with van der Waals surface area (Å²) >= 11 is 0. The lowest BCUT2D eigenvalue weighted by Gasteiger charge is -2.15. The van der Waals surface area contributed by atoms with Crippen LogP contribution in [0.2, 0.25) is 0 Å². The Hall–Kier alpha value is -1.84. The van der Waals surface area contributed by atoms with Crippen molar-refractivity contribution in [3.8, 4) is 0 Å². The minimum Gasteiger partial charge on any atom is -0.478 e. The quantitative estimate of drug-likeness (QED) is 0.844. The Labute approximate surface area is 94.5 Å². The predicted molar refractivity (Wildman–Crippen MR) is 60.7 cm³/mol. The highest BCUT2D eigenvalue weighted by atomic mass is 16.4. The molecule has 0 aliphatic carbocycles. The molecular weight excluding hydrogens is 206 g/mol. The Bertz CT molecular complexity index is 384. The van der Waals surface area contributed by atoms with Crippen molar-refractivity contribution < 1.29 is 14.7 Å². The highest BCUT2D eigenvalue weighted by molar-refractivity contribution is 5.95.